The largest absolute Gasteiger partial charge is 0.460 e. The normalized spacial score (nSPS) is 40.1. The summed E-state index contributed by atoms with van der Waals surface area (Å²) in [4.78, 5) is 72.6. The summed E-state index contributed by atoms with van der Waals surface area (Å²) in [6.07, 6.45) is 11.9. The first-order valence-electron chi connectivity index (χ1n) is 26.9. The van der Waals surface area contributed by atoms with Crippen molar-refractivity contribution < 1.29 is 72.1 Å². The summed E-state index contributed by atoms with van der Waals surface area (Å²) in [6.45, 7) is 17.4. The van der Waals surface area contributed by atoms with Crippen LogP contribution < -0.4 is 0 Å². The molecule has 4 fully saturated rings. The van der Waals surface area contributed by atoms with Crippen molar-refractivity contribution in [3.8, 4) is 0 Å². The van der Waals surface area contributed by atoms with Crippen LogP contribution in [0.3, 0.4) is 0 Å². The molecule has 16 heteroatoms. The molecule has 5 aliphatic rings. The Labute approximate surface area is 434 Å². The van der Waals surface area contributed by atoms with Gasteiger partial charge >= 0.3 is 5.97 Å². The van der Waals surface area contributed by atoms with E-state index in [-0.39, 0.29) is 67.0 Å². The van der Waals surface area contributed by atoms with Crippen molar-refractivity contribution in [1.29, 1.82) is 0 Å². The van der Waals surface area contributed by atoms with E-state index in [0.29, 0.717) is 70.2 Å². The topological polar surface area (TPSA) is 203 Å². The van der Waals surface area contributed by atoms with Crippen LogP contribution in [0.1, 0.15) is 139 Å². The first-order valence-corrected chi connectivity index (χ1v) is 26.9. The predicted octanol–water partition coefficient (Wildman–Crippen LogP) is 7.36. The van der Waals surface area contributed by atoms with Crippen molar-refractivity contribution in [3.05, 3.63) is 47.6 Å². The van der Waals surface area contributed by atoms with Gasteiger partial charge in [0.15, 0.2) is 11.6 Å². The molecular weight excluding hydrogens is 939 g/mol. The van der Waals surface area contributed by atoms with Gasteiger partial charge in [0.2, 0.25) is 5.79 Å². The van der Waals surface area contributed by atoms with E-state index in [0.717, 1.165) is 18.4 Å². The standard InChI is InChI=1S/C57H89NO15/c1-34-18-14-13-15-19-35(2)47(66-10)30-42-23-21-40(7)57(65,73-42)53(62)54(63)58-25-17-16-20-44(58)55(64)71-48(31-45(59)36(3)27-39(6)51(61)52(68-12)50(60)38(5)26-34)37(4)28-41-22-24-46(49(29-41)67-11)69-32-43-33-70-56(8,9)72-43/h13-15,18-19,27,34,36-38,40-44,46-49,51-52,61,65H,16-17,20-26,28-33H2,1-12H3/b15-13+,18-14+,35-19+,39-27+/t34-,36-,37-,38-,40-,41-,42+,43?,44+,46-,47+,48+,49-,51-,52+,57-/m1/s1. The number of aliphatic hydroxyl groups excluding tert-OH is 1. The van der Waals surface area contributed by atoms with Crippen LogP contribution in [0.5, 0.6) is 0 Å². The molecule has 1 amide bonds. The molecule has 16 atom stereocenters. The maximum absolute atomic E-state index is 14.6. The van der Waals surface area contributed by atoms with Crippen LogP contribution in [0.25, 0.3) is 0 Å². The molecule has 3 saturated heterocycles. The number of piperidine rings is 1. The third-order valence-electron chi connectivity index (χ3n) is 16.0. The van der Waals surface area contributed by atoms with Gasteiger partial charge in [0, 0.05) is 58.5 Å². The summed E-state index contributed by atoms with van der Waals surface area (Å²) in [5, 5.41) is 23.6. The summed E-state index contributed by atoms with van der Waals surface area (Å²) in [5.74, 6) is -8.61. The number of cyclic esters (lactones) is 1. The second kappa shape index (κ2) is 27.6. The lowest BCUT2D eigenvalue weighted by Gasteiger charge is -2.42. The summed E-state index contributed by atoms with van der Waals surface area (Å²) in [6, 6.07) is -1.15. The average molecular weight is 1030 g/mol. The lowest BCUT2D eigenvalue weighted by Crippen LogP contribution is -2.61. The second-order valence-electron chi connectivity index (χ2n) is 22.3. The fourth-order valence-electron chi connectivity index (χ4n) is 11.4. The van der Waals surface area contributed by atoms with Crippen molar-refractivity contribution in [2.45, 2.75) is 206 Å². The molecule has 0 aromatic rings. The van der Waals surface area contributed by atoms with Crippen LogP contribution in [0.4, 0.5) is 0 Å². The van der Waals surface area contributed by atoms with Crippen LogP contribution in [0.15, 0.2) is 47.6 Å². The number of amides is 1. The molecule has 73 heavy (non-hydrogen) atoms. The minimum atomic E-state index is -2.44. The van der Waals surface area contributed by atoms with Crippen molar-refractivity contribution in [3.63, 3.8) is 0 Å². The van der Waals surface area contributed by atoms with Gasteiger partial charge in [-0.1, -0.05) is 71.1 Å². The fraction of sp³-hybridized carbons (Fsp3) is 0.772. The number of esters is 1. The quantitative estimate of drug-likeness (QED) is 0.132. The molecule has 0 spiro atoms. The predicted molar refractivity (Wildman–Crippen MR) is 274 cm³/mol. The molecule has 4 aliphatic heterocycles. The van der Waals surface area contributed by atoms with Crippen LogP contribution in [-0.2, 0) is 61.9 Å². The Bertz CT molecular complexity index is 2000. The summed E-state index contributed by atoms with van der Waals surface area (Å²) in [5.41, 5.74) is 1.27. The molecule has 0 aromatic carbocycles. The third-order valence-corrected chi connectivity index (χ3v) is 16.0. The molecule has 16 nitrogen and oxygen atoms in total. The van der Waals surface area contributed by atoms with Gasteiger partial charge in [-0.05, 0) is 121 Å². The minimum absolute atomic E-state index is 0.0147. The molecule has 0 aromatic heterocycles. The zero-order valence-electron chi connectivity index (χ0n) is 45.9. The molecule has 0 radical (unpaired) electrons. The Kier molecular flexibility index (Phi) is 22.8. The molecule has 2 N–H and O–H groups in total. The van der Waals surface area contributed by atoms with E-state index in [1.54, 1.807) is 41.1 Å². The van der Waals surface area contributed by atoms with Crippen molar-refractivity contribution in [1.82, 2.24) is 4.90 Å². The smallest absolute Gasteiger partial charge is 0.329 e. The van der Waals surface area contributed by atoms with Gasteiger partial charge in [0.25, 0.3) is 11.7 Å². The second-order valence-corrected chi connectivity index (χ2v) is 22.3. The molecule has 2 bridgehead atoms. The number of carbonyl (C=O) groups is 5. The van der Waals surface area contributed by atoms with Gasteiger partial charge < -0.3 is 53.0 Å². The number of allylic oxidation sites excluding steroid dienone is 6. The van der Waals surface area contributed by atoms with Gasteiger partial charge in [-0.2, -0.15) is 0 Å². The zero-order chi connectivity index (χ0) is 53.8. The van der Waals surface area contributed by atoms with E-state index < -0.39 is 83.5 Å². The number of rotatable bonds is 9. The fourth-order valence-corrected chi connectivity index (χ4v) is 11.4. The number of methoxy groups -OCH3 is 3. The van der Waals surface area contributed by atoms with Crippen LogP contribution >= 0.6 is 0 Å². The maximum Gasteiger partial charge on any atom is 0.329 e. The van der Waals surface area contributed by atoms with Crippen LogP contribution in [0.2, 0.25) is 0 Å². The molecule has 1 unspecified atom stereocenters. The number of nitrogens with zero attached hydrogens (tertiary/aromatic N) is 1. The summed E-state index contributed by atoms with van der Waals surface area (Å²) in [7, 11) is 4.64. The van der Waals surface area contributed by atoms with Gasteiger partial charge in [0.05, 0.1) is 37.6 Å². The minimum Gasteiger partial charge on any atom is -0.460 e. The lowest BCUT2D eigenvalue weighted by atomic mass is 9.78. The number of hydrogen-bond donors (Lipinski definition) is 2. The van der Waals surface area contributed by atoms with Gasteiger partial charge in [-0.15, -0.1) is 0 Å². The first kappa shape index (κ1) is 60.4. The highest BCUT2D eigenvalue weighted by Crippen LogP contribution is 2.38. The Morgan fingerprint density at radius 1 is 0.836 bits per heavy atom. The van der Waals surface area contributed by atoms with E-state index in [4.69, 9.17) is 37.9 Å². The van der Waals surface area contributed by atoms with Crippen molar-refractivity contribution >= 4 is 29.2 Å². The van der Waals surface area contributed by atoms with E-state index >= 15 is 0 Å². The number of Topliss-reactive ketones (excluding diaryl/α,β-unsaturated/α-hetero) is 3. The summed E-state index contributed by atoms with van der Waals surface area (Å²) >= 11 is 0. The number of carbonyl (C=O) groups excluding carboxylic acids is 5. The van der Waals surface area contributed by atoms with E-state index in [1.165, 1.54) is 12.0 Å². The third kappa shape index (κ3) is 16.3. The Morgan fingerprint density at radius 2 is 1.58 bits per heavy atom. The maximum atomic E-state index is 14.6. The highest BCUT2D eigenvalue weighted by molar-refractivity contribution is 6.39. The van der Waals surface area contributed by atoms with Crippen molar-refractivity contribution in [2.24, 2.45) is 35.5 Å². The average Bonchev–Trinajstić information content (AvgIpc) is 3.72. The van der Waals surface area contributed by atoms with E-state index in [9.17, 15) is 34.2 Å². The SMILES string of the molecule is CO[C@H]1C[C@@H]2CC[C@@H](C)[C@@](O)(O2)C(=O)C(=O)N2CCCC[C@H]2C(=O)O[C@H]([C@H](C)C[C@H]2CC[C@@H](OCC3COC(C)(C)O3)[C@H](OC)C2)CC(=O)[C@H](C)/C=C(\C)[C@@H](O)[C@@H](OC)C(=O)[C@H](C)C[C@H](C)/C=C/C=C/C=C/1C. The highest BCUT2D eigenvalue weighted by atomic mass is 16.7. The molecule has 4 heterocycles. The number of ketones is 3. The Morgan fingerprint density at radius 3 is 2.25 bits per heavy atom. The number of hydrogen-bond acceptors (Lipinski definition) is 15. The summed E-state index contributed by atoms with van der Waals surface area (Å²) < 4.78 is 48.0. The van der Waals surface area contributed by atoms with Gasteiger partial charge in [0.1, 0.15) is 36.2 Å². The molecular formula is C57H89NO15. The lowest BCUT2D eigenvalue weighted by molar-refractivity contribution is -0.265. The van der Waals surface area contributed by atoms with Crippen LogP contribution in [-0.4, -0.2) is 152 Å². The molecule has 1 saturated carbocycles. The van der Waals surface area contributed by atoms with Crippen LogP contribution in [0, 0.1) is 35.5 Å². The number of fused-ring (bicyclic) bond motifs is 3. The Balaban J connectivity index is 1.43. The Hall–Kier alpha value is -3.45. The first-order chi connectivity index (χ1) is 34.5. The number of ether oxygens (including phenoxy) is 8. The van der Waals surface area contributed by atoms with Gasteiger partial charge in [-0.25, -0.2) is 4.79 Å². The monoisotopic (exact) mass is 1030 g/mol. The van der Waals surface area contributed by atoms with Crippen molar-refractivity contribution in [2.75, 3.05) is 41.1 Å². The highest BCUT2D eigenvalue weighted by Gasteiger charge is 2.53. The molecule has 1 aliphatic carbocycles. The zero-order valence-corrected chi connectivity index (χ0v) is 45.9. The number of aliphatic hydroxyl groups is 2. The molecule has 5 rings (SSSR count). The molecule has 412 valence electrons. The van der Waals surface area contributed by atoms with Gasteiger partial charge in [-0.3, -0.25) is 19.2 Å². The van der Waals surface area contributed by atoms with E-state index in [1.807, 2.05) is 71.9 Å². The van der Waals surface area contributed by atoms with E-state index in [2.05, 4.69) is 0 Å².